The normalized spacial score (nSPS) is 11.2. The Hall–Kier alpha value is -3.20. The Bertz CT molecular complexity index is 1050. The third kappa shape index (κ3) is 4.04. The van der Waals surface area contributed by atoms with Gasteiger partial charge in [-0.3, -0.25) is 14.4 Å². The molecule has 1 aromatic heterocycles. The van der Waals surface area contributed by atoms with E-state index in [2.05, 4.69) is 15.5 Å². The highest BCUT2D eigenvalue weighted by atomic mass is 32.2. The summed E-state index contributed by atoms with van der Waals surface area (Å²) in [6.07, 6.45) is 0.560. The van der Waals surface area contributed by atoms with Crippen molar-refractivity contribution in [1.29, 1.82) is 0 Å². The van der Waals surface area contributed by atoms with Gasteiger partial charge in [0.1, 0.15) is 0 Å². The van der Waals surface area contributed by atoms with Gasteiger partial charge >= 0.3 is 6.01 Å². The molecule has 0 aliphatic carbocycles. The van der Waals surface area contributed by atoms with Crippen LogP contribution in [0.3, 0.4) is 0 Å². The van der Waals surface area contributed by atoms with Crippen LogP contribution in [0.1, 0.15) is 30.1 Å². The minimum Gasteiger partial charge on any atom is -0.408 e. The minimum atomic E-state index is -3.74. The van der Waals surface area contributed by atoms with E-state index in [1.807, 2.05) is 13.0 Å². The third-order valence-corrected chi connectivity index (χ3v) is 5.94. The molecule has 3 rings (SSSR count). The highest BCUT2D eigenvalue weighted by Gasteiger charge is 2.23. The molecule has 0 fully saturated rings. The van der Waals surface area contributed by atoms with Crippen molar-refractivity contribution in [3.05, 3.63) is 66.1 Å². The van der Waals surface area contributed by atoms with Gasteiger partial charge in [-0.15, -0.1) is 5.10 Å². The van der Waals surface area contributed by atoms with Crippen molar-refractivity contribution in [1.82, 2.24) is 10.2 Å². The summed E-state index contributed by atoms with van der Waals surface area (Å²) in [5, 5.41) is 9.99. The van der Waals surface area contributed by atoms with Crippen LogP contribution >= 0.6 is 0 Å². The molecule has 0 spiro atoms. The second kappa shape index (κ2) is 8.22. The van der Waals surface area contributed by atoms with Gasteiger partial charge in [-0.2, -0.15) is 0 Å². The number of nitrogens with one attached hydrogen (secondary N) is 1. The van der Waals surface area contributed by atoms with Crippen molar-refractivity contribution in [2.75, 3.05) is 16.2 Å². The monoisotopic (exact) mass is 400 g/mol. The van der Waals surface area contributed by atoms with E-state index in [0.717, 1.165) is 0 Å². The average molecular weight is 400 g/mol. The molecule has 0 radical (unpaired) electrons. The van der Waals surface area contributed by atoms with E-state index in [-0.39, 0.29) is 23.0 Å². The van der Waals surface area contributed by atoms with E-state index < -0.39 is 15.9 Å². The lowest BCUT2D eigenvalue weighted by atomic mass is 10.2. The lowest BCUT2D eigenvalue weighted by Gasteiger charge is -2.22. The van der Waals surface area contributed by atoms with Crippen LogP contribution in [-0.2, 0) is 16.4 Å². The van der Waals surface area contributed by atoms with E-state index >= 15 is 0 Å². The Morgan fingerprint density at radius 1 is 1.04 bits per heavy atom. The summed E-state index contributed by atoms with van der Waals surface area (Å²) in [4.78, 5) is 12.4. The van der Waals surface area contributed by atoms with Crippen molar-refractivity contribution in [3.8, 4) is 0 Å². The number of benzene rings is 2. The molecule has 0 saturated carbocycles. The number of hydrogen-bond donors (Lipinski definition) is 1. The maximum absolute atomic E-state index is 13.0. The van der Waals surface area contributed by atoms with Crippen LogP contribution < -0.4 is 9.62 Å². The number of amides is 1. The molecule has 0 aliphatic rings. The molecule has 1 amide bonds. The zero-order valence-corrected chi connectivity index (χ0v) is 16.3. The van der Waals surface area contributed by atoms with Gasteiger partial charge < -0.3 is 4.42 Å². The van der Waals surface area contributed by atoms with Gasteiger partial charge in [0.25, 0.3) is 15.9 Å². The molecule has 9 heteroatoms. The SMILES string of the molecule is CCc1nnc(NC(=O)c2ccc(S(=O)(=O)N(CC)c3ccccc3)cc2)o1. The summed E-state index contributed by atoms with van der Waals surface area (Å²) >= 11 is 0. The number of aryl methyl sites for hydroxylation is 1. The summed E-state index contributed by atoms with van der Waals surface area (Å²) in [6, 6.07) is 14.5. The first kappa shape index (κ1) is 19.6. The predicted octanol–water partition coefficient (Wildman–Crippen LogP) is 3.10. The fourth-order valence-corrected chi connectivity index (χ4v) is 4.08. The van der Waals surface area contributed by atoms with Crippen LogP contribution in [0, 0.1) is 0 Å². The Kier molecular flexibility index (Phi) is 5.74. The molecule has 28 heavy (non-hydrogen) atoms. The fourth-order valence-electron chi connectivity index (χ4n) is 2.61. The van der Waals surface area contributed by atoms with E-state index in [9.17, 15) is 13.2 Å². The molecule has 3 aromatic rings. The Morgan fingerprint density at radius 2 is 1.71 bits per heavy atom. The smallest absolute Gasteiger partial charge is 0.322 e. The molecule has 0 unspecified atom stereocenters. The number of carbonyl (C=O) groups excluding carboxylic acids is 1. The summed E-state index contributed by atoms with van der Waals surface area (Å²) in [5.41, 5.74) is 0.855. The van der Waals surface area contributed by atoms with E-state index in [4.69, 9.17) is 4.42 Å². The summed E-state index contributed by atoms with van der Waals surface area (Å²) < 4.78 is 32.5. The summed E-state index contributed by atoms with van der Waals surface area (Å²) in [6.45, 7) is 3.90. The lowest BCUT2D eigenvalue weighted by Crippen LogP contribution is -2.30. The molecular formula is C19H20N4O4S. The van der Waals surface area contributed by atoms with Crippen LogP contribution in [0.4, 0.5) is 11.7 Å². The molecule has 0 bridgehead atoms. The standard InChI is InChI=1S/C19H20N4O4S/c1-3-17-21-22-19(27-17)20-18(24)14-10-12-16(13-11-14)28(25,26)23(4-2)15-8-6-5-7-9-15/h5-13H,3-4H2,1-2H3,(H,20,22,24). The number of para-hydroxylation sites is 1. The fraction of sp³-hybridized carbons (Fsp3) is 0.211. The zero-order valence-electron chi connectivity index (χ0n) is 15.5. The van der Waals surface area contributed by atoms with E-state index in [1.54, 1.807) is 31.2 Å². The molecule has 2 aromatic carbocycles. The number of anilines is 2. The van der Waals surface area contributed by atoms with Crippen LogP contribution in [0.15, 0.2) is 63.9 Å². The van der Waals surface area contributed by atoms with E-state index in [0.29, 0.717) is 18.0 Å². The largest absolute Gasteiger partial charge is 0.408 e. The number of carbonyl (C=O) groups is 1. The first-order chi connectivity index (χ1) is 13.5. The second-order valence-electron chi connectivity index (χ2n) is 5.84. The van der Waals surface area contributed by atoms with Crippen molar-refractivity contribution >= 4 is 27.6 Å². The topological polar surface area (TPSA) is 105 Å². The average Bonchev–Trinajstić information content (AvgIpc) is 3.17. The Labute approximate surface area is 163 Å². The first-order valence-electron chi connectivity index (χ1n) is 8.77. The maximum atomic E-state index is 13.0. The molecule has 8 nitrogen and oxygen atoms in total. The lowest BCUT2D eigenvalue weighted by molar-refractivity contribution is 0.102. The van der Waals surface area contributed by atoms with Crippen molar-refractivity contribution in [3.63, 3.8) is 0 Å². The van der Waals surface area contributed by atoms with Crippen molar-refractivity contribution in [2.45, 2.75) is 25.2 Å². The second-order valence-corrected chi connectivity index (χ2v) is 7.70. The molecule has 0 saturated heterocycles. The van der Waals surface area contributed by atoms with Crippen LogP contribution in [0.5, 0.6) is 0 Å². The number of nitrogens with zero attached hydrogens (tertiary/aromatic N) is 3. The van der Waals surface area contributed by atoms with Gasteiger partial charge in [-0.1, -0.05) is 30.2 Å². The van der Waals surface area contributed by atoms with Gasteiger partial charge in [0.05, 0.1) is 10.6 Å². The molecule has 0 atom stereocenters. The molecular weight excluding hydrogens is 380 g/mol. The van der Waals surface area contributed by atoms with Crippen molar-refractivity contribution < 1.29 is 17.6 Å². The van der Waals surface area contributed by atoms with Gasteiger partial charge in [0, 0.05) is 18.5 Å². The molecule has 146 valence electrons. The minimum absolute atomic E-state index is 0.000200. The highest BCUT2D eigenvalue weighted by Crippen LogP contribution is 2.23. The molecule has 0 aliphatic heterocycles. The van der Waals surface area contributed by atoms with Crippen LogP contribution in [0.25, 0.3) is 0 Å². The van der Waals surface area contributed by atoms with Crippen LogP contribution in [0.2, 0.25) is 0 Å². The van der Waals surface area contributed by atoms with Gasteiger partial charge in [-0.05, 0) is 43.3 Å². The summed E-state index contributed by atoms with van der Waals surface area (Å²) in [7, 11) is -3.74. The van der Waals surface area contributed by atoms with Gasteiger partial charge in [-0.25, -0.2) is 8.42 Å². The molecule has 1 heterocycles. The predicted molar refractivity (Wildman–Crippen MR) is 105 cm³/mol. The molecule has 1 N–H and O–H groups in total. The van der Waals surface area contributed by atoms with E-state index in [1.165, 1.54) is 28.6 Å². The Balaban J connectivity index is 1.80. The van der Waals surface area contributed by atoms with Crippen LogP contribution in [-0.4, -0.2) is 31.1 Å². The zero-order chi connectivity index (χ0) is 20.1. The number of aromatic nitrogens is 2. The van der Waals surface area contributed by atoms with Gasteiger partial charge in [0.2, 0.25) is 5.89 Å². The number of rotatable bonds is 7. The quantitative estimate of drug-likeness (QED) is 0.653. The first-order valence-corrected chi connectivity index (χ1v) is 10.2. The van der Waals surface area contributed by atoms with Gasteiger partial charge in [0.15, 0.2) is 0 Å². The number of hydrogen-bond acceptors (Lipinski definition) is 6. The maximum Gasteiger partial charge on any atom is 0.322 e. The Morgan fingerprint density at radius 3 is 2.29 bits per heavy atom. The summed E-state index contributed by atoms with van der Waals surface area (Å²) in [5.74, 6) is -0.0528. The third-order valence-electron chi connectivity index (χ3n) is 4.03. The number of sulfonamides is 1. The highest BCUT2D eigenvalue weighted by molar-refractivity contribution is 7.92. The van der Waals surface area contributed by atoms with Crippen molar-refractivity contribution in [2.24, 2.45) is 0 Å².